The summed E-state index contributed by atoms with van der Waals surface area (Å²) in [5.41, 5.74) is 5.24. The molecule has 0 saturated carbocycles. The summed E-state index contributed by atoms with van der Waals surface area (Å²) in [7, 11) is 0. The molecule has 0 fully saturated rings. The van der Waals surface area contributed by atoms with Crippen molar-refractivity contribution < 1.29 is 4.79 Å². The van der Waals surface area contributed by atoms with Crippen LogP contribution in [-0.4, -0.2) is 5.91 Å². The van der Waals surface area contributed by atoms with Crippen molar-refractivity contribution in [1.82, 2.24) is 0 Å². The quantitative estimate of drug-likeness (QED) is 0.806. The van der Waals surface area contributed by atoms with E-state index in [2.05, 4.69) is 0 Å². The molecule has 0 aromatic heterocycles. The highest BCUT2D eigenvalue weighted by molar-refractivity contribution is 5.83. The van der Waals surface area contributed by atoms with Crippen molar-refractivity contribution in [2.24, 2.45) is 11.1 Å². The standard InChI is InChI=1S/C12H14N2O/c1-12(9-13,11(14)15)8-7-10-5-3-2-4-6-10/h2-6H,7-8H2,1H3,(H2,14,15)/t12-/m0/s1. The summed E-state index contributed by atoms with van der Waals surface area (Å²) in [6.45, 7) is 1.58. The molecular weight excluding hydrogens is 188 g/mol. The van der Waals surface area contributed by atoms with Crippen molar-refractivity contribution in [3.8, 4) is 6.07 Å². The molecule has 0 bridgehead atoms. The molecule has 0 aliphatic carbocycles. The number of amides is 1. The van der Waals surface area contributed by atoms with Gasteiger partial charge in [0.2, 0.25) is 5.91 Å². The van der Waals surface area contributed by atoms with Crippen LogP contribution in [0.4, 0.5) is 0 Å². The van der Waals surface area contributed by atoms with Crippen LogP contribution in [0.3, 0.4) is 0 Å². The number of aryl methyl sites for hydroxylation is 1. The summed E-state index contributed by atoms with van der Waals surface area (Å²) >= 11 is 0. The van der Waals surface area contributed by atoms with Crippen LogP contribution in [0.5, 0.6) is 0 Å². The molecule has 3 heteroatoms. The third-order valence-electron chi connectivity index (χ3n) is 2.55. The predicted molar refractivity (Wildman–Crippen MR) is 57.7 cm³/mol. The number of nitrogens with two attached hydrogens (primary N) is 1. The van der Waals surface area contributed by atoms with Crippen molar-refractivity contribution in [3.63, 3.8) is 0 Å². The number of nitrogens with zero attached hydrogens (tertiary/aromatic N) is 1. The minimum Gasteiger partial charge on any atom is -0.368 e. The lowest BCUT2D eigenvalue weighted by Crippen LogP contribution is -2.33. The average Bonchev–Trinajstić information content (AvgIpc) is 2.27. The van der Waals surface area contributed by atoms with Gasteiger partial charge >= 0.3 is 0 Å². The predicted octanol–water partition coefficient (Wildman–Crippen LogP) is 1.63. The lowest BCUT2D eigenvalue weighted by atomic mass is 9.85. The van der Waals surface area contributed by atoms with Crippen molar-refractivity contribution >= 4 is 5.91 Å². The summed E-state index contributed by atoms with van der Waals surface area (Å²) in [5, 5.41) is 8.88. The Kier molecular flexibility index (Phi) is 3.46. The van der Waals surface area contributed by atoms with Gasteiger partial charge in [-0.1, -0.05) is 30.3 Å². The van der Waals surface area contributed by atoms with Gasteiger partial charge in [0.25, 0.3) is 0 Å². The van der Waals surface area contributed by atoms with E-state index in [1.165, 1.54) is 0 Å². The van der Waals surface area contributed by atoms with Crippen molar-refractivity contribution in [2.75, 3.05) is 0 Å². The van der Waals surface area contributed by atoms with E-state index in [1.807, 2.05) is 36.4 Å². The summed E-state index contributed by atoms with van der Waals surface area (Å²) in [6, 6.07) is 11.7. The van der Waals surface area contributed by atoms with E-state index in [4.69, 9.17) is 11.0 Å². The van der Waals surface area contributed by atoms with E-state index in [1.54, 1.807) is 6.92 Å². The fourth-order valence-electron chi connectivity index (χ4n) is 1.27. The van der Waals surface area contributed by atoms with E-state index in [9.17, 15) is 4.79 Å². The van der Waals surface area contributed by atoms with Gasteiger partial charge in [-0.2, -0.15) is 5.26 Å². The Morgan fingerprint density at radius 1 is 1.47 bits per heavy atom. The second kappa shape index (κ2) is 4.61. The molecule has 1 rings (SSSR count). The van der Waals surface area contributed by atoms with Gasteiger partial charge in [-0.3, -0.25) is 4.79 Å². The molecule has 1 aromatic rings. The third kappa shape index (κ3) is 2.81. The zero-order valence-corrected chi connectivity index (χ0v) is 8.73. The molecule has 1 amide bonds. The van der Waals surface area contributed by atoms with Gasteiger partial charge in [0.05, 0.1) is 6.07 Å². The first-order valence-corrected chi connectivity index (χ1v) is 4.83. The molecule has 0 heterocycles. The van der Waals surface area contributed by atoms with Crippen LogP contribution in [0, 0.1) is 16.7 Å². The first-order valence-electron chi connectivity index (χ1n) is 4.83. The Hall–Kier alpha value is -1.82. The second-order valence-corrected chi connectivity index (χ2v) is 3.79. The fraction of sp³-hybridized carbons (Fsp3) is 0.333. The van der Waals surface area contributed by atoms with Gasteiger partial charge < -0.3 is 5.73 Å². The highest BCUT2D eigenvalue weighted by atomic mass is 16.1. The molecule has 15 heavy (non-hydrogen) atoms. The van der Waals surface area contributed by atoms with Gasteiger partial charge in [-0.15, -0.1) is 0 Å². The first kappa shape index (κ1) is 11.3. The summed E-state index contributed by atoms with van der Waals surface area (Å²) in [6.07, 6.45) is 1.15. The molecule has 3 nitrogen and oxygen atoms in total. The van der Waals surface area contributed by atoms with E-state index in [0.717, 1.165) is 5.56 Å². The highest BCUT2D eigenvalue weighted by Gasteiger charge is 2.30. The molecule has 0 saturated heterocycles. The van der Waals surface area contributed by atoms with Crippen LogP contribution in [0.2, 0.25) is 0 Å². The monoisotopic (exact) mass is 202 g/mol. The number of rotatable bonds is 4. The van der Waals surface area contributed by atoms with Crippen molar-refractivity contribution in [2.45, 2.75) is 19.8 Å². The smallest absolute Gasteiger partial charge is 0.237 e. The third-order valence-corrected chi connectivity index (χ3v) is 2.55. The Morgan fingerprint density at radius 2 is 2.07 bits per heavy atom. The van der Waals surface area contributed by atoms with Crippen LogP contribution >= 0.6 is 0 Å². The molecule has 0 unspecified atom stereocenters. The maximum Gasteiger partial charge on any atom is 0.237 e. The number of carbonyl (C=O) groups excluding carboxylic acids is 1. The largest absolute Gasteiger partial charge is 0.368 e. The van der Waals surface area contributed by atoms with E-state index < -0.39 is 11.3 Å². The van der Waals surface area contributed by atoms with Gasteiger partial charge in [-0.25, -0.2) is 0 Å². The Balaban J connectivity index is 2.65. The topological polar surface area (TPSA) is 66.9 Å². The van der Waals surface area contributed by atoms with Gasteiger partial charge in [-0.05, 0) is 25.3 Å². The number of benzene rings is 1. The molecule has 78 valence electrons. The van der Waals surface area contributed by atoms with Crippen LogP contribution in [0.25, 0.3) is 0 Å². The first-order chi connectivity index (χ1) is 7.08. The molecular formula is C12H14N2O. The zero-order valence-electron chi connectivity index (χ0n) is 8.73. The molecule has 1 aromatic carbocycles. The maximum absolute atomic E-state index is 11.1. The second-order valence-electron chi connectivity index (χ2n) is 3.79. The number of hydrogen-bond donors (Lipinski definition) is 1. The average molecular weight is 202 g/mol. The summed E-state index contributed by atoms with van der Waals surface area (Å²) in [5.74, 6) is -0.555. The van der Waals surface area contributed by atoms with Crippen molar-refractivity contribution in [1.29, 1.82) is 5.26 Å². The summed E-state index contributed by atoms with van der Waals surface area (Å²) < 4.78 is 0. The molecule has 1 atom stereocenters. The highest BCUT2D eigenvalue weighted by Crippen LogP contribution is 2.22. The van der Waals surface area contributed by atoms with E-state index >= 15 is 0 Å². The van der Waals surface area contributed by atoms with E-state index in [-0.39, 0.29) is 0 Å². The maximum atomic E-state index is 11.1. The molecule has 2 N–H and O–H groups in total. The minimum absolute atomic E-state index is 0.461. The van der Waals surface area contributed by atoms with Crippen LogP contribution in [0.15, 0.2) is 30.3 Å². The van der Waals surface area contributed by atoms with Crippen LogP contribution in [0.1, 0.15) is 18.9 Å². The Morgan fingerprint density at radius 3 is 2.53 bits per heavy atom. The summed E-state index contributed by atoms with van der Waals surface area (Å²) in [4.78, 5) is 11.1. The molecule has 0 aliphatic heterocycles. The van der Waals surface area contributed by atoms with Crippen LogP contribution in [-0.2, 0) is 11.2 Å². The Labute approximate surface area is 89.5 Å². The SMILES string of the molecule is C[C@@](C#N)(CCc1ccccc1)C(N)=O. The van der Waals surface area contributed by atoms with E-state index in [0.29, 0.717) is 12.8 Å². The number of primary amides is 1. The van der Waals surface area contributed by atoms with Gasteiger partial charge in [0.15, 0.2) is 0 Å². The number of nitriles is 1. The van der Waals surface area contributed by atoms with Crippen LogP contribution < -0.4 is 5.73 Å². The normalized spacial score (nSPS) is 13.9. The fourth-order valence-corrected chi connectivity index (χ4v) is 1.27. The Bertz CT molecular complexity index is 380. The lowest BCUT2D eigenvalue weighted by Gasteiger charge is -2.16. The lowest BCUT2D eigenvalue weighted by molar-refractivity contribution is -0.124. The minimum atomic E-state index is -1.06. The zero-order chi connectivity index (χ0) is 11.3. The molecule has 0 spiro atoms. The van der Waals surface area contributed by atoms with Gasteiger partial charge in [0, 0.05) is 0 Å². The molecule has 0 radical (unpaired) electrons. The number of carbonyl (C=O) groups is 1. The van der Waals surface area contributed by atoms with Gasteiger partial charge in [0.1, 0.15) is 5.41 Å². The van der Waals surface area contributed by atoms with Crippen molar-refractivity contribution in [3.05, 3.63) is 35.9 Å². The molecule has 0 aliphatic rings. The number of hydrogen-bond acceptors (Lipinski definition) is 2.